The molecule has 2 aliphatic rings. The van der Waals surface area contributed by atoms with E-state index in [1.54, 1.807) is 0 Å². The van der Waals surface area contributed by atoms with E-state index in [0.717, 1.165) is 6.54 Å². The second-order valence-corrected chi connectivity index (χ2v) is 5.27. The van der Waals surface area contributed by atoms with Crippen LogP contribution in [0.25, 0.3) is 0 Å². The van der Waals surface area contributed by atoms with Crippen LogP contribution in [0.3, 0.4) is 0 Å². The van der Waals surface area contributed by atoms with Crippen molar-refractivity contribution < 1.29 is 0 Å². The minimum absolute atomic E-state index is 0.275. The minimum Gasteiger partial charge on any atom is -0.370 e. The number of nitrogens with two attached hydrogens (primary N) is 1. The van der Waals surface area contributed by atoms with Crippen molar-refractivity contribution in [2.75, 3.05) is 6.54 Å². The van der Waals surface area contributed by atoms with E-state index >= 15 is 0 Å². The summed E-state index contributed by atoms with van der Waals surface area (Å²) in [5.41, 5.74) is 7.55. The Morgan fingerprint density at radius 2 is 2.00 bits per heavy atom. The van der Waals surface area contributed by atoms with Crippen molar-refractivity contribution in [3.8, 4) is 0 Å². The van der Waals surface area contributed by atoms with Crippen LogP contribution in [0.15, 0.2) is 35.3 Å². The van der Waals surface area contributed by atoms with E-state index in [-0.39, 0.29) is 5.41 Å². The van der Waals surface area contributed by atoms with Crippen molar-refractivity contribution in [1.82, 2.24) is 5.32 Å². The molecule has 0 bridgehead atoms. The van der Waals surface area contributed by atoms with Gasteiger partial charge in [0.25, 0.3) is 0 Å². The summed E-state index contributed by atoms with van der Waals surface area (Å²) >= 11 is 0. The third-order valence-electron chi connectivity index (χ3n) is 3.72. The van der Waals surface area contributed by atoms with Crippen LogP contribution in [0.1, 0.15) is 31.2 Å². The van der Waals surface area contributed by atoms with Gasteiger partial charge in [-0.05, 0) is 31.2 Å². The van der Waals surface area contributed by atoms with Gasteiger partial charge >= 0.3 is 0 Å². The molecule has 0 unspecified atom stereocenters. The lowest BCUT2D eigenvalue weighted by Crippen LogP contribution is -2.34. The van der Waals surface area contributed by atoms with Crippen LogP contribution in [-0.2, 0) is 5.41 Å². The first-order valence-electron chi connectivity index (χ1n) is 6.41. The first-order valence-corrected chi connectivity index (χ1v) is 6.41. The molecular formula is C14H19N3. The number of guanidine groups is 1. The fraction of sp³-hybridized carbons (Fsp3) is 0.500. The van der Waals surface area contributed by atoms with E-state index in [9.17, 15) is 0 Å². The first-order chi connectivity index (χ1) is 8.28. The summed E-state index contributed by atoms with van der Waals surface area (Å²) in [5.74, 6) is 0.620. The van der Waals surface area contributed by atoms with Crippen molar-refractivity contribution in [2.45, 2.75) is 37.1 Å². The van der Waals surface area contributed by atoms with Crippen molar-refractivity contribution in [3.63, 3.8) is 0 Å². The van der Waals surface area contributed by atoms with Gasteiger partial charge in [-0.3, -0.25) is 4.99 Å². The van der Waals surface area contributed by atoms with Gasteiger partial charge in [-0.25, -0.2) is 0 Å². The molecule has 0 amide bonds. The highest BCUT2D eigenvalue weighted by Crippen LogP contribution is 2.48. The smallest absolute Gasteiger partial charge is 0.188 e. The van der Waals surface area contributed by atoms with Gasteiger partial charge in [0.05, 0.1) is 6.54 Å². The second kappa shape index (κ2) is 4.06. The maximum Gasteiger partial charge on any atom is 0.188 e. The van der Waals surface area contributed by atoms with Crippen molar-refractivity contribution >= 4 is 5.96 Å². The molecule has 2 aliphatic carbocycles. The SMILES string of the molecule is NC(=NCC1(c2ccccc2)CC1)NC1CC1. The predicted octanol–water partition coefficient (Wildman–Crippen LogP) is 1.78. The molecule has 2 saturated carbocycles. The Morgan fingerprint density at radius 3 is 2.59 bits per heavy atom. The second-order valence-electron chi connectivity index (χ2n) is 5.27. The molecule has 17 heavy (non-hydrogen) atoms. The molecule has 0 aromatic heterocycles. The third-order valence-corrected chi connectivity index (χ3v) is 3.72. The summed E-state index contributed by atoms with van der Waals surface area (Å²) in [5, 5.41) is 3.23. The summed E-state index contributed by atoms with van der Waals surface area (Å²) in [7, 11) is 0. The number of hydrogen-bond acceptors (Lipinski definition) is 1. The highest BCUT2D eigenvalue weighted by atomic mass is 15.1. The van der Waals surface area contributed by atoms with E-state index in [2.05, 4.69) is 40.6 Å². The largest absolute Gasteiger partial charge is 0.370 e. The monoisotopic (exact) mass is 229 g/mol. The van der Waals surface area contributed by atoms with Crippen molar-refractivity contribution in [3.05, 3.63) is 35.9 Å². The van der Waals surface area contributed by atoms with Crippen LogP contribution in [0.5, 0.6) is 0 Å². The summed E-state index contributed by atoms with van der Waals surface area (Å²) < 4.78 is 0. The third kappa shape index (κ3) is 2.43. The zero-order valence-corrected chi connectivity index (χ0v) is 10.0. The number of hydrogen-bond donors (Lipinski definition) is 2. The van der Waals surface area contributed by atoms with E-state index in [1.165, 1.54) is 31.2 Å². The minimum atomic E-state index is 0.275. The fourth-order valence-electron chi connectivity index (χ4n) is 2.20. The molecular weight excluding hydrogens is 210 g/mol. The van der Waals surface area contributed by atoms with Gasteiger partial charge < -0.3 is 11.1 Å². The van der Waals surface area contributed by atoms with Crippen LogP contribution >= 0.6 is 0 Å². The average molecular weight is 229 g/mol. The lowest BCUT2D eigenvalue weighted by Gasteiger charge is -2.13. The van der Waals surface area contributed by atoms with Crippen LogP contribution in [0.2, 0.25) is 0 Å². The van der Waals surface area contributed by atoms with Gasteiger partial charge in [0.2, 0.25) is 0 Å². The Hall–Kier alpha value is -1.51. The van der Waals surface area contributed by atoms with Gasteiger partial charge in [-0.15, -0.1) is 0 Å². The Morgan fingerprint density at radius 1 is 1.29 bits per heavy atom. The van der Waals surface area contributed by atoms with Gasteiger partial charge in [-0.1, -0.05) is 30.3 Å². The average Bonchev–Trinajstić information content (AvgIpc) is 3.24. The molecule has 0 aliphatic heterocycles. The molecule has 1 aromatic rings. The van der Waals surface area contributed by atoms with Gasteiger partial charge in [0.1, 0.15) is 0 Å². The normalized spacial score (nSPS) is 22.2. The lowest BCUT2D eigenvalue weighted by atomic mass is 9.96. The lowest BCUT2D eigenvalue weighted by molar-refractivity contribution is 0.699. The molecule has 90 valence electrons. The maximum absolute atomic E-state index is 5.87. The standard InChI is InChI=1S/C14H19N3/c15-13(17-12-6-7-12)16-10-14(8-9-14)11-4-2-1-3-5-11/h1-5,12H,6-10H2,(H3,15,16,17). The molecule has 1 aromatic carbocycles. The number of nitrogens with one attached hydrogen (secondary N) is 1. The zero-order chi connectivity index (χ0) is 11.7. The van der Waals surface area contributed by atoms with Crippen molar-refractivity contribution in [2.24, 2.45) is 10.7 Å². The number of nitrogens with zero attached hydrogens (tertiary/aromatic N) is 1. The molecule has 0 atom stereocenters. The number of benzene rings is 1. The molecule has 2 fully saturated rings. The van der Waals surface area contributed by atoms with Crippen LogP contribution in [-0.4, -0.2) is 18.5 Å². The molecule has 3 rings (SSSR count). The predicted molar refractivity (Wildman–Crippen MR) is 70.0 cm³/mol. The van der Waals surface area contributed by atoms with Crippen LogP contribution in [0, 0.1) is 0 Å². The summed E-state index contributed by atoms with van der Waals surface area (Å²) in [6.45, 7) is 0.822. The summed E-state index contributed by atoms with van der Waals surface area (Å²) in [6, 6.07) is 11.3. The fourth-order valence-corrected chi connectivity index (χ4v) is 2.20. The topological polar surface area (TPSA) is 50.4 Å². The Bertz CT molecular complexity index is 416. The highest BCUT2D eigenvalue weighted by Gasteiger charge is 2.43. The number of aliphatic imine (C=N–C) groups is 1. The zero-order valence-electron chi connectivity index (χ0n) is 10.0. The first kappa shape index (κ1) is 10.6. The van der Waals surface area contributed by atoms with Crippen LogP contribution < -0.4 is 11.1 Å². The molecule has 3 N–H and O–H groups in total. The molecule has 0 heterocycles. The quantitative estimate of drug-likeness (QED) is 0.611. The van der Waals surface area contributed by atoms with Gasteiger partial charge in [-0.2, -0.15) is 0 Å². The molecule has 3 nitrogen and oxygen atoms in total. The van der Waals surface area contributed by atoms with Gasteiger partial charge in [0, 0.05) is 11.5 Å². The molecule has 0 radical (unpaired) electrons. The summed E-state index contributed by atoms with van der Waals surface area (Å²) in [4.78, 5) is 4.50. The van der Waals surface area contributed by atoms with E-state index in [1.807, 2.05) is 0 Å². The van der Waals surface area contributed by atoms with E-state index in [0.29, 0.717) is 12.0 Å². The molecule has 0 spiro atoms. The highest BCUT2D eigenvalue weighted by molar-refractivity contribution is 5.78. The number of rotatable bonds is 4. The van der Waals surface area contributed by atoms with Crippen molar-refractivity contribution in [1.29, 1.82) is 0 Å². The Balaban J connectivity index is 1.64. The Kier molecular flexibility index (Phi) is 2.54. The van der Waals surface area contributed by atoms with E-state index < -0.39 is 0 Å². The Labute approximate surface area is 102 Å². The van der Waals surface area contributed by atoms with Gasteiger partial charge in [0.15, 0.2) is 5.96 Å². The molecule has 3 heteroatoms. The summed E-state index contributed by atoms with van der Waals surface area (Å²) in [6.07, 6.45) is 4.94. The van der Waals surface area contributed by atoms with E-state index in [4.69, 9.17) is 5.73 Å². The van der Waals surface area contributed by atoms with Crippen LogP contribution in [0.4, 0.5) is 0 Å². The molecule has 0 saturated heterocycles. The maximum atomic E-state index is 5.87.